The lowest BCUT2D eigenvalue weighted by Crippen LogP contribution is -2.40. The fourth-order valence-corrected chi connectivity index (χ4v) is 2.67. The molecule has 0 radical (unpaired) electrons. The third-order valence-electron chi connectivity index (χ3n) is 3.25. The zero-order valence-corrected chi connectivity index (χ0v) is 9.10. The lowest BCUT2D eigenvalue weighted by molar-refractivity contribution is 0.278. The van der Waals surface area contributed by atoms with Crippen molar-refractivity contribution in [3.63, 3.8) is 0 Å². The second-order valence-corrected chi connectivity index (χ2v) is 6.42. The van der Waals surface area contributed by atoms with Gasteiger partial charge in [-0.25, -0.2) is 0 Å². The third-order valence-corrected chi connectivity index (χ3v) is 4.92. The van der Waals surface area contributed by atoms with E-state index < -0.39 is 14.9 Å². The van der Waals surface area contributed by atoms with Gasteiger partial charge in [0.25, 0.3) is 10.1 Å². The fourth-order valence-electron chi connectivity index (χ4n) is 2.01. The molecule has 0 amide bonds. The van der Waals surface area contributed by atoms with Crippen LogP contribution in [0.3, 0.4) is 0 Å². The first-order valence-electron chi connectivity index (χ1n) is 4.83. The van der Waals surface area contributed by atoms with Gasteiger partial charge < -0.3 is 0 Å². The lowest BCUT2D eigenvalue weighted by atomic mass is 9.81. The quantitative estimate of drug-likeness (QED) is 0.705. The molecule has 0 atom stereocenters. The molecule has 4 heteroatoms. The molecule has 1 aliphatic rings. The van der Waals surface area contributed by atoms with E-state index in [2.05, 4.69) is 0 Å². The summed E-state index contributed by atoms with van der Waals surface area (Å²) in [4.78, 5) is 0. The van der Waals surface area contributed by atoms with E-state index in [1.807, 2.05) is 0 Å². The summed E-state index contributed by atoms with van der Waals surface area (Å²) in [6, 6.07) is 0. The molecule has 1 aliphatic carbocycles. The van der Waals surface area contributed by atoms with Crippen molar-refractivity contribution in [1.29, 1.82) is 0 Å². The summed E-state index contributed by atoms with van der Waals surface area (Å²) in [5.41, 5.74) is 0. The average Bonchev–Trinajstić information content (AvgIpc) is 2.04. The fraction of sp³-hybridized carbons (Fsp3) is 1.00. The first-order valence-corrected chi connectivity index (χ1v) is 6.27. The van der Waals surface area contributed by atoms with Gasteiger partial charge in [0, 0.05) is 0 Å². The van der Waals surface area contributed by atoms with Gasteiger partial charge in [0.05, 0.1) is 4.75 Å². The predicted molar refractivity (Wildman–Crippen MR) is 52.2 cm³/mol. The minimum absolute atomic E-state index is 0.122. The van der Waals surface area contributed by atoms with E-state index in [0.29, 0.717) is 0 Å². The summed E-state index contributed by atoms with van der Waals surface area (Å²) in [7, 11) is -3.90. The molecule has 1 rings (SSSR count). The van der Waals surface area contributed by atoms with Crippen LogP contribution in [0.4, 0.5) is 0 Å². The van der Waals surface area contributed by atoms with Crippen LogP contribution in [0.2, 0.25) is 0 Å². The van der Waals surface area contributed by atoms with Crippen LogP contribution in [0.15, 0.2) is 0 Å². The Bertz CT molecular complexity index is 261. The Morgan fingerprint density at radius 2 is 1.62 bits per heavy atom. The number of hydrogen-bond acceptors (Lipinski definition) is 2. The van der Waals surface area contributed by atoms with E-state index in [9.17, 15) is 8.42 Å². The highest BCUT2D eigenvalue weighted by atomic mass is 32.2. The molecule has 0 heterocycles. The second kappa shape index (κ2) is 3.58. The van der Waals surface area contributed by atoms with E-state index in [0.717, 1.165) is 25.7 Å². The van der Waals surface area contributed by atoms with Gasteiger partial charge in [-0.2, -0.15) is 8.42 Å². The lowest BCUT2D eigenvalue weighted by Gasteiger charge is -2.34. The van der Waals surface area contributed by atoms with E-state index in [1.54, 1.807) is 13.8 Å². The highest BCUT2D eigenvalue weighted by Crippen LogP contribution is 2.36. The second-order valence-electron chi connectivity index (χ2n) is 4.41. The maximum atomic E-state index is 11.1. The first-order chi connectivity index (χ1) is 5.86. The van der Waals surface area contributed by atoms with E-state index in [-0.39, 0.29) is 5.92 Å². The molecule has 13 heavy (non-hydrogen) atoms. The summed E-state index contributed by atoms with van der Waals surface area (Å²) in [5, 5.41) is 0. The van der Waals surface area contributed by atoms with Crippen LogP contribution in [-0.4, -0.2) is 17.7 Å². The number of rotatable bonds is 2. The average molecular weight is 206 g/mol. The van der Waals surface area contributed by atoms with Crippen LogP contribution >= 0.6 is 0 Å². The first kappa shape index (κ1) is 11.0. The summed E-state index contributed by atoms with van der Waals surface area (Å²) in [5.74, 6) is 0.122. The van der Waals surface area contributed by atoms with Crippen LogP contribution in [-0.2, 0) is 10.1 Å². The van der Waals surface area contributed by atoms with Gasteiger partial charge in [-0.1, -0.05) is 19.3 Å². The predicted octanol–water partition coefficient (Wildman–Crippen LogP) is 2.23. The van der Waals surface area contributed by atoms with Crippen molar-refractivity contribution >= 4 is 10.1 Å². The van der Waals surface area contributed by atoms with Gasteiger partial charge in [-0.05, 0) is 32.6 Å². The highest BCUT2D eigenvalue weighted by molar-refractivity contribution is 7.87. The Kier molecular flexibility index (Phi) is 3.02. The maximum absolute atomic E-state index is 11.1. The molecule has 0 spiro atoms. The Morgan fingerprint density at radius 1 is 1.15 bits per heavy atom. The normalized spacial score (nSPS) is 21.8. The van der Waals surface area contributed by atoms with Crippen molar-refractivity contribution < 1.29 is 13.0 Å². The Morgan fingerprint density at radius 3 is 2.00 bits per heavy atom. The molecule has 0 aromatic heterocycles. The topological polar surface area (TPSA) is 54.4 Å². The molecule has 1 N–H and O–H groups in total. The largest absolute Gasteiger partial charge is 0.285 e. The van der Waals surface area contributed by atoms with Crippen molar-refractivity contribution in [3.8, 4) is 0 Å². The molecule has 0 unspecified atom stereocenters. The van der Waals surface area contributed by atoms with Crippen molar-refractivity contribution in [2.45, 2.75) is 50.7 Å². The third kappa shape index (κ3) is 2.23. The van der Waals surface area contributed by atoms with Crippen LogP contribution in [0.25, 0.3) is 0 Å². The van der Waals surface area contributed by atoms with Crippen LogP contribution in [0.1, 0.15) is 46.0 Å². The summed E-state index contributed by atoms with van der Waals surface area (Å²) >= 11 is 0. The zero-order chi connectivity index (χ0) is 10.1. The van der Waals surface area contributed by atoms with Gasteiger partial charge >= 0.3 is 0 Å². The van der Waals surface area contributed by atoms with Gasteiger partial charge in [0.2, 0.25) is 0 Å². The zero-order valence-electron chi connectivity index (χ0n) is 8.28. The molecular weight excluding hydrogens is 188 g/mol. The van der Waals surface area contributed by atoms with Gasteiger partial charge in [0.1, 0.15) is 0 Å². The van der Waals surface area contributed by atoms with E-state index in [4.69, 9.17) is 4.55 Å². The van der Waals surface area contributed by atoms with Crippen LogP contribution in [0.5, 0.6) is 0 Å². The van der Waals surface area contributed by atoms with Gasteiger partial charge in [-0.15, -0.1) is 0 Å². The molecule has 1 fully saturated rings. The minimum atomic E-state index is -3.90. The standard InChI is InChI=1S/C9H18O3S/c1-9(2,13(10,11)12)8-6-4-3-5-7-8/h8H,3-7H2,1-2H3,(H,10,11,12). The van der Waals surface area contributed by atoms with Crippen molar-refractivity contribution in [1.82, 2.24) is 0 Å². The summed E-state index contributed by atoms with van der Waals surface area (Å²) in [6.45, 7) is 3.25. The molecule has 1 saturated carbocycles. The highest BCUT2D eigenvalue weighted by Gasteiger charge is 2.40. The summed E-state index contributed by atoms with van der Waals surface area (Å²) in [6.07, 6.45) is 5.21. The smallest absolute Gasteiger partial charge is 0.270 e. The summed E-state index contributed by atoms with van der Waals surface area (Å²) < 4.78 is 30.3. The molecular formula is C9H18O3S. The van der Waals surface area contributed by atoms with Gasteiger partial charge in [0.15, 0.2) is 0 Å². The Hall–Kier alpha value is -0.0900. The Labute approximate surface area is 80.3 Å². The van der Waals surface area contributed by atoms with E-state index >= 15 is 0 Å². The van der Waals surface area contributed by atoms with Crippen molar-refractivity contribution in [2.24, 2.45) is 5.92 Å². The molecule has 0 aromatic carbocycles. The molecule has 0 saturated heterocycles. The molecule has 0 bridgehead atoms. The Balaban J connectivity index is 2.79. The van der Waals surface area contributed by atoms with Crippen LogP contribution < -0.4 is 0 Å². The number of hydrogen-bond donors (Lipinski definition) is 1. The van der Waals surface area contributed by atoms with Gasteiger partial charge in [-0.3, -0.25) is 4.55 Å². The minimum Gasteiger partial charge on any atom is -0.285 e. The molecule has 0 aliphatic heterocycles. The monoisotopic (exact) mass is 206 g/mol. The SMILES string of the molecule is CC(C)(C1CCCCC1)S(=O)(=O)O. The maximum Gasteiger partial charge on any atom is 0.270 e. The molecule has 3 nitrogen and oxygen atoms in total. The molecule has 0 aromatic rings. The van der Waals surface area contributed by atoms with Crippen molar-refractivity contribution in [2.75, 3.05) is 0 Å². The van der Waals surface area contributed by atoms with E-state index in [1.165, 1.54) is 6.42 Å². The molecule has 78 valence electrons. The van der Waals surface area contributed by atoms with Crippen molar-refractivity contribution in [3.05, 3.63) is 0 Å². The van der Waals surface area contributed by atoms with Crippen LogP contribution in [0, 0.1) is 5.92 Å².